The highest BCUT2D eigenvalue weighted by Crippen LogP contribution is 2.28. The lowest BCUT2D eigenvalue weighted by atomic mass is 10.0. The Hall–Kier alpha value is -3.88. The van der Waals surface area contributed by atoms with Gasteiger partial charge in [-0.1, -0.05) is 12.1 Å². The molecule has 0 spiro atoms. The van der Waals surface area contributed by atoms with Gasteiger partial charge >= 0.3 is 6.03 Å². The summed E-state index contributed by atoms with van der Waals surface area (Å²) >= 11 is 0. The summed E-state index contributed by atoms with van der Waals surface area (Å²) in [6.45, 7) is 3.93. The monoisotopic (exact) mass is 462 g/mol. The van der Waals surface area contributed by atoms with Crippen LogP contribution >= 0.6 is 0 Å². The third-order valence-corrected chi connectivity index (χ3v) is 5.95. The lowest BCUT2D eigenvalue weighted by Crippen LogP contribution is -2.48. The molecule has 4 rings (SSSR count). The minimum atomic E-state index is -0.163. The summed E-state index contributed by atoms with van der Waals surface area (Å²) in [4.78, 5) is 30.6. The van der Waals surface area contributed by atoms with E-state index in [1.165, 1.54) is 0 Å². The van der Waals surface area contributed by atoms with Gasteiger partial charge in [0.25, 0.3) is 0 Å². The average Bonchev–Trinajstić information content (AvgIpc) is 2.88. The molecule has 0 radical (unpaired) electrons. The number of carbonyl (C=O) groups is 1. The molecule has 1 aliphatic rings. The third kappa shape index (κ3) is 5.54. The smallest absolute Gasteiger partial charge is 0.322 e. The number of piperidine rings is 1. The first-order chi connectivity index (χ1) is 16.6. The van der Waals surface area contributed by atoms with Crippen molar-refractivity contribution in [1.82, 2.24) is 19.9 Å². The molecule has 2 aromatic heterocycles. The number of ether oxygens (including phenoxy) is 2. The zero-order valence-corrected chi connectivity index (χ0v) is 19.8. The number of nitrogens with zero attached hydrogens (tertiary/aromatic N) is 5. The summed E-state index contributed by atoms with van der Waals surface area (Å²) in [6, 6.07) is 11.2. The molecule has 178 valence electrons. The fourth-order valence-electron chi connectivity index (χ4n) is 4.14. The number of pyridine rings is 1. The highest BCUT2D eigenvalue weighted by atomic mass is 16.5. The highest BCUT2D eigenvalue weighted by Gasteiger charge is 2.29. The number of rotatable bonds is 7. The van der Waals surface area contributed by atoms with Crippen molar-refractivity contribution in [2.24, 2.45) is 0 Å². The quantitative estimate of drug-likeness (QED) is 0.569. The zero-order valence-electron chi connectivity index (χ0n) is 19.8. The van der Waals surface area contributed by atoms with Crippen molar-refractivity contribution in [1.29, 1.82) is 0 Å². The van der Waals surface area contributed by atoms with Gasteiger partial charge in [0.2, 0.25) is 11.8 Å². The minimum absolute atomic E-state index is 0.0536. The molecule has 1 aromatic carbocycles. The summed E-state index contributed by atoms with van der Waals surface area (Å²) < 4.78 is 10.7. The van der Waals surface area contributed by atoms with E-state index < -0.39 is 0 Å². The number of nitrogens with one attached hydrogen (secondary N) is 1. The normalized spacial score (nSPS) is 13.9. The van der Waals surface area contributed by atoms with Gasteiger partial charge in [0.05, 0.1) is 19.9 Å². The maximum absolute atomic E-state index is 13.5. The molecule has 0 aliphatic carbocycles. The highest BCUT2D eigenvalue weighted by molar-refractivity contribution is 5.91. The van der Waals surface area contributed by atoms with Crippen molar-refractivity contribution < 1.29 is 14.3 Å². The van der Waals surface area contributed by atoms with Gasteiger partial charge in [-0.2, -0.15) is 4.98 Å². The van der Waals surface area contributed by atoms with Crippen LogP contribution in [0.2, 0.25) is 0 Å². The average molecular weight is 463 g/mol. The van der Waals surface area contributed by atoms with Crippen molar-refractivity contribution in [3.63, 3.8) is 0 Å². The second-order valence-corrected chi connectivity index (χ2v) is 8.24. The van der Waals surface area contributed by atoms with Crippen LogP contribution in [-0.4, -0.2) is 59.2 Å². The number of aromatic nitrogens is 3. The number of methoxy groups -OCH3 is 2. The van der Waals surface area contributed by atoms with E-state index in [0.717, 1.165) is 37.1 Å². The van der Waals surface area contributed by atoms with Crippen molar-refractivity contribution in [3.8, 4) is 11.6 Å². The second kappa shape index (κ2) is 10.8. The molecule has 2 amide bonds. The van der Waals surface area contributed by atoms with Gasteiger partial charge in [0, 0.05) is 50.3 Å². The van der Waals surface area contributed by atoms with Crippen LogP contribution in [0, 0.1) is 6.92 Å². The molecule has 1 N–H and O–H groups in total. The first kappa shape index (κ1) is 23.3. The second-order valence-electron chi connectivity index (χ2n) is 8.24. The lowest BCUT2D eigenvalue weighted by molar-refractivity contribution is 0.170. The molecule has 3 aromatic rings. The Balaban J connectivity index is 1.51. The van der Waals surface area contributed by atoms with Crippen molar-refractivity contribution in [2.45, 2.75) is 32.4 Å². The first-order valence-corrected chi connectivity index (χ1v) is 11.3. The Morgan fingerprint density at radius 3 is 2.68 bits per heavy atom. The topological polar surface area (TPSA) is 92.7 Å². The molecule has 1 aliphatic heterocycles. The Bertz CT molecular complexity index is 1100. The Kier molecular flexibility index (Phi) is 7.41. The SMILES string of the molecule is COc1ccnc(N2CCC(N(Cc3cccnc3)C(=O)Nc3cc(C)ccc3OC)CC2)n1. The number of anilines is 2. The Morgan fingerprint density at radius 2 is 1.97 bits per heavy atom. The summed E-state index contributed by atoms with van der Waals surface area (Å²) in [6.07, 6.45) is 6.81. The summed E-state index contributed by atoms with van der Waals surface area (Å²) in [5, 5.41) is 3.06. The van der Waals surface area contributed by atoms with E-state index in [1.54, 1.807) is 38.9 Å². The molecule has 0 bridgehead atoms. The maximum Gasteiger partial charge on any atom is 0.322 e. The van der Waals surface area contributed by atoms with Gasteiger partial charge in [-0.15, -0.1) is 0 Å². The lowest BCUT2D eigenvalue weighted by Gasteiger charge is -2.38. The van der Waals surface area contributed by atoms with Crippen LogP contribution in [0.5, 0.6) is 11.6 Å². The summed E-state index contributed by atoms with van der Waals surface area (Å²) in [7, 11) is 3.20. The van der Waals surface area contributed by atoms with Crippen LogP contribution in [0.15, 0.2) is 55.0 Å². The molecule has 0 saturated carbocycles. The Morgan fingerprint density at radius 1 is 1.15 bits per heavy atom. The van der Waals surface area contributed by atoms with E-state index in [0.29, 0.717) is 29.8 Å². The molecular formula is C25H30N6O3. The number of aryl methyl sites for hydroxylation is 1. The van der Waals surface area contributed by atoms with Gasteiger partial charge < -0.3 is 24.6 Å². The zero-order chi connectivity index (χ0) is 23.9. The van der Waals surface area contributed by atoms with Crippen molar-refractivity contribution in [3.05, 3.63) is 66.1 Å². The third-order valence-electron chi connectivity index (χ3n) is 5.95. The number of amides is 2. The largest absolute Gasteiger partial charge is 0.495 e. The Labute approximate surface area is 199 Å². The van der Waals surface area contributed by atoms with Gasteiger partial charge in [0.1, 0.15) is 5.75 Å². The summed E-state index contributed by atoms with van der Waals surface area (Å²) in [5.41, 5.74) is 2.68. The van der Waals surface area contributed by atoms with Gasteiger partial charge in [-0.25, -0.2) is 9.78 Å². The van der Waals surface area contributed by atoms with Crippen molar-refractivity contribution >= 4 is 17.7 Å². The van der Waals surface area contributed by atoms with E-state index in [-0.39, 0.29) is 12.1 Å². The van der Waals surface area contributed by atoms with Gasteiger partial charge in [-0.05, 0) is 49.1 Å². The van der Waals surface area contributed by atoms with Gasteiger partial charge in [-0.3, -0.25) is 4.98 Å². The predicted molar refractivity (Wildman–Crippen MR) is 130 cm³/mol. The first-order valence-electron chi connectivity index (χ1n) is 11.3. The number of urea groups is 1. The molecule has 9 nitrogen and oxygen atoms in total. The van der Waals surface area contributed by atoms with Crippen molar-refractivity contribution in [2.75, 3.05) is 37.5 Å². The van der Waals surface area contributed by atoms with E-state index in [2.05, 4.69) is 25.2 Å². The number of benzene rings is 1. The number of carbonyl (C=O) groups excluding carboxylic acids is 1. The van der Waals surface area contributed by atoms with Crippen LogP contribution in [0.4, 0.5) is 16.4 Å². The van der Waals surface area contributed by atoms with Gasteiger partial charge in [0.15, 0.2) is 0 Å². The molecule has 1 saturated heterocycles. The molecule has 1 fully saturated rings. The fraction of sp³-hybridized carbons (Fsp3) is 0.360. The predicted octanol–water partition coefficient (Wildman–Crippen LogP) is 3.90. The maximum atomic E-state index is 13.5. The van der Waals surface area contributed by atoms with E-state index in [1.807, 2.05) is 42.2 Å². The van der Waals surface area contributed by atoms with Crippen LogP contribution in [0.3, 0.4) is 0 Å². The molecular weight excluding hydrogens is 432 g/mol. The minimum Gasteiger partial charge on any atom is -0.495 e. The number of hydrogen-bond donors (Lipinski definition) is 1. The molecule has 0 atom stereocenters. The molecule has 34 heavy (non-hydrogen) atoms. The van der Waals surface area contributed by atoms with Crippen LogP contribution in [-0.2, 0) is 6.54 Å². The number of hydrogen-bond acceptors (Lipinski definition) is 7. The summed E-state index contributed by atoms with van der Waals surface area (Å²) in [5.74, 6) is 1.81. The van der Waals surface area contributed by atoms with E-state index >= 15 is 0 Å². The molecule has 0 unspecified atom stereocenters. The van der Waals surface area contributed by atoms with Crippen LogP contribution in [0.25, 0.3) is 0 Å². The van der Waals surface area contributed by atoms with Crippen LogP contribution in [0.1, 0.15) is 24.0 Å². The van der Waals surface area contributed by atoms with E-state index in [9.17, 15) is 4.79 Å². The van der Waals surface area contributed by atoms with Crippen LogP contribution < -0.4 is 19.7 Å². The molecule has 3 heterocycles. The molecule has 9 heteroatoms. The van der Waals surface area contributed by atoms with E-state index in [4.69, 9.17) is 9.47 Å². The standard InChI is InChI=1S/C25H30N6O3/c1-18-6-7-22(33-2)21(15-18)28-25(32)31(17-19-5-4-11-26-16-19)20-9-13-30(14-10-20)24-27-12-8-23(29-24)34-3/h4-8,11-12,15-16,20H,9-10,13-14,17H2,1-3H3,(H,28,32). The fourth-order valence-corrected chi connectivity index (χ4v) is 4.14.